The van der Waals surface area contributed by atoms with Crippen molar-refractivity contribution in [2.24, 2.45) is 0 Å². The van der Waals surface area contributed by atoms with Crippen LogP contribution in [0.15, 0.2) is 0 Å². The van der Waals surface area contributed by atoms with Gasteiger partial charge in [-0.25, -0.2) is 0 Å². The summed E-state index contributed by atoms with van der Waals surface area (Å²) in [4.78, 5) is 10.2. The summed E-state index contributed by atoms with van der Waals surface area (Å²) in [7, 11) is 0. The van der Waals surface area contributed by atoms with Crippen LogP contribution in [0.3, 0.4) is 0 Å². The molecular weight excluding hydrogens is 88.1 g/mol. The number of carbonyl (C=O) groups is 1. The number of ketones is 1. The Morgan fingerprint density at radius 2 is 1.57 bits per heavy atom. The van der Waals surface area contributed by atoms with Gasteiger partial charge in [0, 0.05) is 20.3 Å². The van der Waals surface area contributed by atoms with Crippen LogP contribution in [-0.4, -0.2) is 5.78 Å². The number of Topliss-reactive ketones (excluding diaryl/α,β-unsaturated/α-hetero) is 1. The Hall–Kier alpha value is -0.330. The fraction of sp³-hybridized carbons (Fsp3) is 0.667. The maximum Gasteiger partial charge on any atom is 0.132 e. The summed E-state index contributed by atoms with van der Waals surface area (Å²) in [6.07, 6.45) is 1.38. The van der Waals surface area contributed by atoms with Gasteiger partial charge in [0.1, 0.15) is 5.78 Å². The van der Waals surface area contributed by atoms with Gasteiger partial charge in [0.25, 0.3) is 0 Å². The molecule has 7 heavy (non-hydrogen) atoms. The van der Waals surface area contributed by atoms with Crippen LogP contribution < -0.4 is 0 Å². The summed E-state index contributed by atoms with van der Waals surface area (Å²) < 4.78 is 0. The monoisotopic (exact) mass is 98.1 g/mol. The van der Waals surface area contributed by atoms with E-state index in [1.807, 2.05) is 13.8 Å². The van der Waals surface area contributed by atoms with Crippen LogP contribution in [0.4, 0.5) is 0 Å². The molecule has 0 saturated carbocycles. The van der Waals surface area contributed by atoms with Crippen LogP contribution in [0.1, 0.15) is 26.7 Å². The summed E-state index contributed by atoms with van der Waals surface area (Å²) in [6, 6.07) is 0. The van der Waals surface area contributed by atoms with Gasteiger partial charge in [0.05, 0.1) is 0 Å². The normalized spacial score (nSPS) is 7.14. The first-order valence-electron chi connectivity index (χ1n) is 2.33. The molecule has 40 valence electrons. The number of rotatable bonds is 2. The number of hydrogen-bond acceptors (Lipinski definition) is 1. The van der Waals surface area contributed by atoms with E-state index < -0.39 is 0 Å². The maximum atomic E-state index is 10.2. The highest BCUT2D eigenvalue weighted by Crippen LogP contribution is 1.82. The molecule has 0 spiro atoms. The van der Waals surface area contributed by atoms with E-state index in [0.29, 0.717) is 18.6 Å². The van der Waals surface area contributed by atoms with Crippen molar-refractivity contribution in [3.05, 3.63) is 7.43 Å². The molecule has 0 bridgehead atoms. The summed E-state index contributed by atoms with van der Waals surface area (Å²) in [5, 5.41) is 0. The Morgan fingerprint density at radius 3 is 1.57 bits per heavy atom. The molecule has 0 aromatic carbocycles. The SMILES string of the molecule is CCC(=O)CC.[C]. The van der Waals surface area contributed by atoms with E-state index in [2.05, 4.69) is 0 Å². The molecule has 0 aliphatic carbocycles. The molecule has 1 nitrogen and oxygen atoms in total. The first kappa shape index (κ1) is 9.83. The average Bonchev–Trinajstić information content (AvgIpc) is 1.65. The second kappa shape index (κ2) is 5.67. The Bertz CT molecular complexity index is 42.1. The second-order valence-electron chi connectivity index (χ2n) is 1.25. The standard InChI is InChI=1S/C5H10O.C/c1-3-5(6)4-2;/h3-4H2,1-2H3;. The van der Waals surface area contributed by atoms with Gasteiger partial charge in [-0.15, -0.1) is 0 Å². The highest BCUT2D eigenvalue weighted by Gasteiger charge is 1.86. The summed E-state index contributed by atoms with van der Waals surface area (Å²) in [6.45, 7) is 3.76. The lowest BCUT2D eigenvalue weighted by Crippen LogP contribution is -1.88. The van der Waals surface area contributed by atoms with Crippen LogP contribution in [0.25, 0.3) is 0 Å². The second-order valence-corrected chi connectivity index (χ2v) is 1.25. The van der Waals surface area contributed by atoms with E-state index >= 15 is 0 Å². The lowest BCUT2D eigenvalue weighted by atomic mass is 10.3. The Balaban J connectivity index is 0. The fourth-order valence-corrected chi connectivity index (χ4v) is 0.250. The molecule has 1 heteroatoms. The molecule has 0 rings (SSSR count). The van der Waals surface area contributed by atoms with E-state index in [-0.39, 0.29) is 7.43 Å². The van der Waals surface area contributed by atoms with Gasteiger partial charge in [0.15, 0.2) is 0 Å². The van der Waals surface area contributed by atoms with Crippen molar-refractivity contribution >= 4 is 5.78 Å². The predicted molar refractivity (Wildman–Crippen MR) is 28.8 cm³/mol. The van der Waals surface area contributed by atoms with Crippen molar-refractivity contribution in [2.75, 3.05) is 0 Å². The minimum Gasteiger partial charge on any atom is -0.300 e. The lowest BCUT2D eigenvalue weighted by Gasteiger charge is -1.81. The molecule has 0 N–H and O–H groups in total. The molecule has 0 aliphatic heterocycles. The Kier molecular flexibility index (Phi) is 7.96. The lowest BCUT2D eigenvalue weighted by molar-refractivity contribution is -0.118. The smallest absolute Gasteiger partial charge is 0.132 e. The Labute approximate surface area is 45.7 Å². The molecule has 0 atom stereocenters. The molecule has 0 amide bonds. The van der Waals surface area contributed by atoms with E-state index in [1.165, 1.54) is 0 Å². The topological polar surface area (TPSA) is 17.1 Å². The first-order valence-corrected chi connectivity index (χ1v) is 2.33. The van der Waals surface area contributed by atoms with Crippen LogP contribution in [-0.2, 0) is 4.79 Å². The summed E-state index contributed by atoms with van der Waals surface area (Å²) in [5.74, 6) is 0.343. The molecule has 0 heterocycles. The molecule has 0 aromatic heterocycles. The third-order valence-electron chi connectivity index (χ3n) is 0.789. The zero-order valence-electron chi connectivity index (χ0n) is 4.82. The largest absolute Gasteiger partial charge is 0.300 e. The average molecular weight is 98.1 g/mol. The highest BCUT2D eigenvalue weighted by atomic mass is 16.1. The third kappa shape index (κ3) is 5.67. The maximum absolute atomic E-state index is 10.2. The van der Waals surface area contributed by atoms with Crippen molar-refractivity contribution < 1.29 is 4.79 Å². The third-order valence-corrected chi connectivity index (χ3v) is 0.789. The minimum absolute atomic E-state index is 0. The van der Waals surface area contributed by atoms with Crippen LogP contribution in [0.5, 0.6) is 0 Å². The van der Waals surface area contributed by atoms with Crippen LogP contribution in [0.2, 0.25) is 0 Å². The molecule has 0 unspecified atom stereocenters. The molecule has 0 aliphatic rings. The molecule has 0 fully saturated rings. The quantitative estimate of drug-likeness (QED) is 0.511. The zero-order chi connectivity index (χ0) is 4.99. The van der Waals surface area contributed by atoms with E-state index in [9.17, 15) is 4.79 Å². The fourth-order valence-electron chi connectivity index (χ4n) is 0.250. The molecular formula is C6H10O. The van der Waals surface area contributed by atoms with Gasteiger partial charge in [-0.3, -0.25) is 4.79 Å². The van der Waals surface area contributed by atoms with Crippen LogP contribution in [0, 0.1) is 7.43 Å². The zero-order valence-corrected chi connectivity index (χ0v) is 4.82. The van der Waals surface area contributed by atoms with Gasteiger partial charge >= 0.3 is 0 Å². The van der Waals surface area contributed by atoms with Crippen molar-refractivity contribution in [3.63, 3.8) is 0 Å². The van der Waals surface area contributed by atoms with Crippen molar-refractivity contribution in [1.82, 2.24) is 0 Å². The van der Waals surface area contributed by atoms with E-state index in [4.69, 9.17) is 0 Å². The first-order chi connectivity index (χ1) is 2.81. The van der Waals surface area contributed by atoms with Crippen molar-refractivity contribution in [1.29, 1.82) is 0 Å². The number of carbonyl (C=O) groups excluding carboxylic acids is 1. The van der Waals surface area contributed by atoms with Crippen molar-refractivity contribution in [2.45, 2.75) is 26.7 Å². The van der Waals surface area contributed by atoms with Crippen LogP contribution >= 0.6 is 0 Å². The summed E-state index contributed by atoms with van der Waals surface area (Å²) >= 11 is 0. The van der Waals surface area contributed by atoms with Gasteiger partial charge < -0.3 is 0 Å². The number of hydrogen-bond donors (Lipinski definition) is 0. The minimum atomic E-state index is 0. The predicted octanol–water partition coefficient (Wildman–Crippen LogP) is 1.46. The van der Waals surface area contributed by atoms with Gasteiger partial charge in [-0.1, -0.05) is 13.8 Å². The molecule has 4 radical (unpaired) electrons. The van der Waals surface area contributed by atoms with Crippen molar-refractivity contribution in [3.8, 4) is 0 Å². The Morgan fingerprint density at radius 1 is 1.29 bits per heavy atom. The molecule has 0 saturated heterocycles. The van der Waals surface area contributed by atoms with E-state index in [1.54, 1.807) is 0 Å². The summed E-state index contributed by atoms with van der Waals surface area (Å²) in [5.41, 5.74) is 0. The highest BCUT2D eigenvalue weighted by molar-refractivity contribution is 5.77. The molecule has 0 aromatic rings. The van der Waals surface area contributed by atoms with Gasteiger partial charge in [0.2, 0.25) is 0 Å². The van der Waals surface area contributed by atoms with Gasteiger partial charge in [-0.2, -0.15) is 0 Å². The van der Waals surface area contributed by atoms with Gasteiger partial charge in [-0.05, 0) is 0 Å². The van der Waals surface area contributed by atoms with E-state index in [0.717, 1.165) is 0 Å².